The van der Waals surface area contributed by atoms with Gasteiger partial charge in [0.25, 0.3) is 0 Å². The van der Waals surface area contributed by atoms with Gasteiger partial charge in [0.1, 0.15) is 0 Å². The van der Waals surface area contributed by atoms with E-state index in [1.165, 1.54) is 6.42 Å². The summed E-state index contributed by atoms with van der Waals surface area (Å²) in [5, 5.41) is -0.0119. The summed E-state index contributed by atoms with van der Waals surface area (Å²) in [6, 6.07) is 6.10. The van der Waals surface area contributed by atoms with Crippen LogP contribution in [-0.2, 0) is 4.74 Å². The SMILES string of the molecule is COC1(CC(Cl)c2cc(Br)ccc2Br)CCC1. The molecule has 1 aromatic rings. The lowest BCUT2D eigenvalue weighted by atomic mass is 9.76. The van der Waals surface area contributed by atoms with Gasteiger partial charge in [0, 0.05) is 16.1 Å². The minimum Gasteiger partial charge on any atom is -0.378 e. The van der Waals surface area contributed by atoms with Crippen molar-refractivity contribution >= 4 is 43.5 Å². The van der Waals surface area contributed by atoms with E-state index < -0.39 is 0 Å². The Kier molecular flexibility index (Phi) is 4.56. The molecule has 0 aromatic heterocycles. The van der Waals surface area contributed by atoms with E-state index in [1.807, 2.05) is 12.1 Å². The molecule has 0 heterocycles. The molecule has 1 aromatic carbocycles. The standard InChI is InChI=1S/C13H15Br2ClO/c1-17-13(5-2-6-13)8-12(16)10-7-9(14)3-4-11(10)15/h3-4,7,12H,2,5-6,8H2,1H3. The van der Waals surface area contributed by atoms with Crippen LogP contribution in [0, 0.1) is 0 Å². The Bertz CT molecular complexity index is 399. The van der Waals surface area contributed by atoms with Gasteiger partial charge < -0.3 is 4.74 Å². The van der Waals surface area contributed by atoms with Crippen molar-refractivity contribution in [3.63, 3.8) is 0 Å². The first-order valence-corrected chi connectivity index (χ1v) is 7.73. The number of alkyl halides is 1. The van der Waals surface area contributed by atoms with Crippen LogP contribution >= 0.6 is 43.5 Å². The lowest BCUT2D eigenvalue weighted by molar-refractivity contribution is -0.0780. The Morgan fingerprint density at radius 3 is 2.65 bits per heavy atom. The highest BCUT2D eigenvalue weighted by atomic mass is 79.9. The molecule has 1 nitrogen and oxygen atoms in total. The summed E-state index contributed by atoms with van der Waals surface area (Å²) in [4.78, 5) is 0. The molecule has 1 fully saturated rings. The third-order valence-corrected chi connectivity index (χ3v) is 5.15. The zero-order valence-corrected chi connectivity index (χ0v) is 13.6. The maximum atomic E-state index is 6.53. The van der Waals surface area contributed by atoms with E-state index in [9.17, 15) is 0 Å². The second kappa shape index (κ2) is 5.60. The van der Waals surface area contributed by atoms with Gasteiger partial charge in [0.15, 0.2) is 0 Å². The van der Waals surface area contributed by atoms with E-state index in [-0.39, 0.29) is 11.0 Å². The van der Waals surface area contributed by atoms with Crippen molar-refractivity contribution in [1.29, 1.82) is 0 Å². The maximum absolute atomic E-state index is 6.53. The van der Waals surface area contributed by atoms with Gasteiger partial charge in [-0.15, -0.1) is 11.6 Å². The van der Waals surface area contributed by atoms with E-state index in [1.54, 1.807) is 7.11 Å². The number of rotatable bonds is 4. The second-order valence-corrected chi connectivity index (χ2v) is 6.88. The largest absolute Gasteiger partial charge is 0.378 e. The van der Waals surface area contributed by atoms with Crippen LogP contribution in [0.4, 0.5) is 0 Å². The third-order valence-electron chi connectivity index (χ3n) is 3.54. The van der Waals surface area contributed by atoms with Crippen LogP contribution < -0.4 is 0 Å². The summed E-state index contributed by atoms with van der Waals surface area (Å²) in [7, 11) is 1.79. The number of ether oxygens (including phenoxy) is 1. The fourth-order valence-electron chi connectivity index (χ4n) is 2.25. The number of halogens is 3. The maximum Gasteiger partial charge on any atom is 0.0696 e. The highest BCUT2D eigenvalue weighted by Gasteiger charge is 2.39. The Morgan fingerprint density at radius 1 is 1.41 bits per heavy atom. The molecule has 1 saturated carbocycles. The van der Waals surface area contributed by atoms with Crippen LogP contribution in [0.1, 0.15) is 36.6 Å². The monoisotopic (exact) mass is 380 g/mol. The summed E-state index contributed by atoms with van der Waals surface area (Å²) in [6.45, 7) is 0. The first-order valence-electron chi connectivity index (χ1n) is 5.70. The Labute approximate surface area is 124 Å². The summed E-state index contributed by atoms with van der Waals surface area (Å²) < 4.78 is 7.74. The second-order valence-electron chi connectivity index (χ2n) is 4.58. The first kappa shape index (κ1) is 13.9. The zero-order chi connectivity index (χ0) is 12.5. The van der Waals surface area contributed by atoms with Crippen LogP contribution in [0.5, 0.6) is 0 Å². The lowest BCUT2D eigenvalue weighted by Crippen LogP contribution is -2.39. The first-order chi connectivity index (χ1) is 8.06. The molecule has 0 bridgehead atoms. The van der Waals surface area contributed by atoms with Crippen molar-refractivity contribution in [2.75, 3.05) is 7.11 Å². The molecule has 1 unspecified atom stereocenters. The van der Waals surface area contributed by atoms with Crippen molar-refractivity contribution in [1.82, 2.24) is 0 Å². The molecule has 0 aliphatic heterocycles. The molecule has 17 heavy (non-hydrogen) atoms. The molecular weight excluding hydrogens is 367 g/mol. The van der Waals surface area contributed by atoms with Crippen LogP contribution in [-0.4, -0.2) is 12.7 Å². The van der Waals surface area contributed by atoms with Gasteiger partial charge in [-0.2, -0.15) is 0 Å². The Morgan fingerprint density at radius 2 is 2.12 bits per heavy atom. The van der Waals surface area contributed by atoms with Crippen LogP contribution in [0.3, 0.4) is 0 Å². The summed E-state index contributed by atoms with van der Waals surface area (Å²) in [5.41, 5.74) is 1.14. The predicted molar refractivity (Wildman–Crippen MR) is 78.6 cm³/mol. The van der Waals surface area contributed by atoms with Gasteiger partial charge in [0.05, 0.1) is 11.0 Å². The predicted octanol–water partition coefficient (Wildman–Crippen LogP) is 5.45. The minimum absolute atomic E-state index is 0.00811. The topological polar surface area (TPSA) is 9.23 Å². The molecule has 1 atom stereocenters. The van der Waals surface area contributed by atoms with Gasteiger partial charge in [0.2, 0.25) is 0 Å². The molecule has 4 heteroatoms. The van der Waals surface area contributed by atoms with Crippen molar-refractivity contribution in [2.45, 2.75) is 36.7 Å². The number of benzene rings is 1. The summed E-state index contributed by atoms with van der Waals surface area (Å²) >= 11 is 13.6. The van der Waals surface area contributed by atoms with Gasteiger partial charge in [-0.25, -0.2) is 0 Å². The van der Waals surface area contributed by atoms with Gasteiger partial charge in [-0.05, 0) is 49.4 Å². The minimum atomic E-state index is -0.0119. The fraction of sp³-hybridized carbons (Fsp3) is 0.538. The molecule has 0 saturated heterocycles. The number of hydrogen-bond donors (Lipinski definition) is 0. The van der Waals surface area contributed by atoms with Crippen molar-refractivity contribution in [3.8, 4) is 0 Å². The summed E-state index contributed by atoms with van der Waals surface area (Å²) in [6.07, 6.45) is 4.37. The molecule has 0 spiro atoms. The quantitative estimate of drug-likeness (QED) is 0.629. The highest BCUT2D eigenvalue weighted by molar-refractivity contribution is 9.11. The molecule has 0 N–H and O–H groups in total. The number of hydrogen-bond acceptors (Lipinski definition) is 1. The van der Waals surface area contributed by atoms with E-state index >= 15 is 0 Å². The Hall–Kier alpha value is 0.430. The average molecular weight is 383 g/mol. The molecule has 94 valence electrons. The van der Waals surface area contributed by atoms with E-state index in [0.717, 1.165) is 33.8 Å². The molecule has 1 aliphatic rings. The van der Waals surface area contributed by atoms with E-state index in [4.69, 9.17) is 16.3 Å². The Balaban J connectivity index is 2.13. The lowest BCUT2D eigenvalue weighted by Gasteiger charge is -2.42. The molecule has 0 amide bonds. The molecule has 1 aliphatic carbocycles. The molecular formula is C13H15Br2ClO. The highest BCUT2D eigenvalue weighted by Crippen LogP contribution is 2.45. The molecule has 0 radical (unpaired) electrons. The third kappa shape index (κ3) is 3.06. The van der Waals surface area contributed by atoms with Gasteiger partial charge in [-0.1, -0.05) is 31.9 Å². The van der Waals surface area contributed by atoms with E-state index in [2.05, 4.69) is 37.9 Å². The normalized spacial score (nSPS) is 19.8. The zero-order valence-electron chi connectivity index (χ0n) is 9.68. The molecule has 2 rings (SSSR count). The average Bonchev–Trinajstić information content (AvgIpc) is 2.26. The van der Waals surface area contributed by atoms with Crippen LogP contribution in [0.2, 0.25) is 0 Å². The summed E-state index contributed by atoms with van der Waals surface area (Å²) in [5.74, 6) is 0. The van der Waals surface area contributed by atoms with Crippen molar-refractivity contribution in [2.24, 2.45) is 0 Å². The fourth-order valence-corrected chi connectivity index (χ4v) is 3.75. The van der Waals surface area contributed by atoms with Crippen LogP contribution in [0.25, 0.3) is 0 Å². The van der Waals surface area contributed by atoms with Gasteiger partial charge in [-0.3, -0.25) is 0 Å². The van der Waals surface area contributed by atoms with E-state index in [0.29, 0.717) is 0 Å². The van der Waals surface area contributed by atoms with Gasteiger partial charge >= 0.3 is 0 Å². The van der Waals surface area contributed by atoms with Crippen LogP contribution in [0.15, 0.2) is 27.1 Å². The number of methoxy groups -OCH3 is 1. The van der Waals surface area contributed by atoms with Crippen molar-refractivity contribution in [3.05, 3.63) is 32.7 Å². The smallest absolute Gasteiger partial charge is 0.0696 e. The van der Waals surface area contributed by atoms with Crippen molar-refractivity contribution < 1.29 is 4.74 Å².